The summed E-state index contributed by atoms with van der Waals surface area (Å²) in [6.45, 7) is 1.94. The number of nitrogens with two attached hydrogens (primary N) is 1. The molecular weight excluding hydrogens is 368 g/mol. The van der Waals surface area contributed by atoms with E-state index in [2.05, 4.69) is 12.1 Å². The van der Waals surface area contributed by atoms with Gasteiger partial charge in [-0.2, -0.15) is 0 Å². The average molecular weight is 393 g/mol. The average Bonchev–Trinajstić information content (AvgIpc) is 3.06. The largest absolute Gasteiger partial charge is 0.338 e. The van der Waals surface area contributed by atoms with E-state index in [1.165, 1.54) is 5.56 Å². The molecule has 140 valence electrons. The Morgan fingerprint density at radius 3 is 2.54 bits per heavy atom. The lowest BCUT2D eigenvalue weighted by Crippen LogP contribution is -2.29. The molecule has 2 aromatic rings. The van der Waals surface area contributed by atoms with Gasteiger partial charge in [-0.25, -0.2) is 0 Å². The first-order valence-electron chi connectivity index (χ1n) is 8.51. The van der Waals surface area contributed by atoms with Crippen LogP contribution in [0.5, 0.6) is 0 Å². The second-order valence-corrected chi connectivity index (χ2v) is 8.08. The highest BCUT2D eigenvalue weighted by atomic mass is 35.5. The molecule has 1 saturated heterocycles. The predicted molar refractivity (Wildman–Crippen MR) is 109 cm³/mol. The summed E-state index contributed by atoms with van der Waals surface area (Å²) in [5.74, 6) is 1.05. The van der Waals surface area contributed by atoms with Crippen molar-refractivity contribution in [1.29, 1.82) is 0 Å². The van der Waals surface area contributed by atoms with Gasteiger partial charge in [0.25, 0.3) is 5.91 Å². The van der Waals surface area contributed by atoms with E-state index >= 15 is 0 Å². The first-order valence-corrected chi connectivity index (χ1v) is 10.2. The molecule has 1 aliphatic rings. The van der Waals surface area contributed by atoms with E-state index in [1.54, 1.807) is 6.26 Å². The maximum atomic E-state index is 12.9. The van der Waals surface area contributed by atoms with E-state index in [9.17, 15) is 9.00 Å². The fraction of sp³-hybridized carbons (Fsp3) is 0.350. The molecule has 1 fully saturated rings. The van der Waals surface area contributed by atoms with Gasteiger partial charge in [0.1, 0.15) is 0 Å². The van der Waals surface area contributed by atoms with Gasteiger partial charge < -0.3 is 10.6 Å². The second kappa shape index (κ2) is 9.31. The Hall–Kier alpha value is -1.69. The number of carbonyl (C=O) groups excluding carboxylic acids is 1. The summed E-state index contributed by atoms with van der Waals surface area (Å²) in [4.78, 5) is 14.8. The topological polar surface area (TPSA) is 63.4 Å². The van der Waals surface area contributed by atoms with Crippen molar-refractivity contribution < 1.29 is 9.00 Å². The lowest BCUT2D eigenvalue weighted by Gasteiger charge is -2.17. The van der Waals surface area contributed by atoms with Gasteiger partial charge in [0.2, 0.25) is 0 Å². The highest BCUT2D eigenvalue weighted by Gasteiger charge is 2.35. The Morgan fingerprint density at radius 1 is 1.15 bits per heavy atom. The van der Waals surface area contributed by atoms with Crippen molar-refractivity contribution in [2.45, 2.75) is 11.7 Å². The highest BCUT2D eigenvalue weighted by Crippen LogP contribution is 2.32. The van der Waals surface area contributed by atoms with Gasteiger partial charge in [0.05, 0.1) is 0 Å². The highest BCUT2D eigenvalue weighted by molar-refractivity contribution is 7.83. The van der Waals surface area contributed by atoms with Crippen LogP contribution in [0.25, 0.3) is 0 Å². The van der Waals surface area contributed by atoms with Gasteiger partial charge in [-0.05, 0) is 35.7 Å². The Kier molecular flexibility index (Phi) is 7.38. The van der Waals surface area contributed by atoms with Gasteiger partial charge >= 0.3 is 0 Å². The van der Waals surface area contributed by atoms with Crippen LogP contribution in [0.15, 0.2) is 54.6 Å². The van der Waals surface area contributed by atoms with Crippen LogP contribution in [-0.2, 0) is 16.6 Å². The van der Waals surface area contributed by atoms with Crippen LogP contribution in [0.4, 0.5) is 0 Å². The number of halogens is 1. The zero-order valence-corrected chi connectivity index (χ0v) is 16.5. The van der Waals surface area contributed by atoms with Crippen molar-refractivity contribution in [1.82, 2.24) is 4.90 Å². The maximum absolute atomic E-state index is 12.9. The molecule has 4 nitrogen and oxygen atoms in total. The van der Waals surface area contributed by atoms with E-state index in [0.29, 0.717) is 31.0 Å². The number of amides is 1. The number of likely N-dealkylation sites (tertiary alicyclic amines) is 1. The van der Waals surface area contributed by atoms with Crippen LogP contribution in [-0.4, -0.2) is 40.9 Å². The zero-order chi connectivity index (χ0) is 17.8. The quantitative estimate of drug-likeness (QED) is 0.850. The van der Waals surface area contributed by atoms with Crippen LogP contribution < -0.4 is 5.73 Å². The van der Waals surface area contributed by atoms with Crippen LogP contribution in [0, 0.1) is 5.92 Å². The molecule has 3 rings (SSSR count). The fourth-order valence-electron chi connectivity index (χ4n) is 3.57. The first-order chi connectivity index (χ1) is 12.1. The van der Waals surface area contributed by atoms with E-state index in [1.807, 2.05) is 47.4 Å². The smallest absolute Gasteiger partial charge is 0.253 e. The van der Waals surface area contributed by atoms with Crippen molar-refractivity contribution >= 4 is 29.1 Å². The zero-order valence-electron chi connectivity index (χ0n) is 14.8. The summed E-state index contributed by atoms with van der Waals surface area (Å²) < 4.78 is 11.4. The Balaban J connectivity index is 0.00000243. The fourth-order valence-corrected chi connectivity index (χ4v) is 4.21. The Labute approximate surface area is 163 Å². The lowest BCUT2D eigenvalue weighted by atomic mass is 9.89. The summed E-state index contributed by atoms with van der Waals surface area (Å²) in [6.07, 6.45) is 1.67. The second-order valence-electron chi connectivity index (χ2n) is 6.64. The van der Waals surface area contributed by atoms with Gasteiger partial charge in [0, 0.05) is 47.4 Å². The molecule has 3 atom stereocenters. The minimum absolute atomic E-state index is 0. The molecule has 1 aliphatic heterocycles. The molecule has 0 saturated carbocycles. The SMILES string of the molecule is CS(=O)Cc1cccc(C(=O)N2C[C@@H](CN)[C@H](c3ccccc3)C2)c1.Cl. The van der Waals surface area contributed by atoms with Crippen molar-refractivity contribution in [2.24, 2.45) is 11.7 Å². The van der Waals surface area contributed by atoms with E-state index in [-0.39, 0.29) is 30.2 Å². The van der Waals surface area contributed by atoms with Gasteiger partial charge in [0.15, 0.2) is 0 Å². The van der Waals surface area contributed by atoms with Gasteiger partial charge in [-0.3, -0.25) is 9.00 Å². The maximum Gasteiger partial charge on any atom is 0.253 e. The summed E-state index contributed by atoms with van der Waals surface area (Å²) in [7, 11) is -0.919. The third-order valence-electron chi connectivity index (χ3n) is 4.80. The number of hydrogen-bond donors (Lipinski definition) is 1. The van der Waals surface area contributed by atoms with Gasteiger partial charge in [-0.15, -0.1) is 12.4 Å². The number of nitrogens with zero attached hydrogens (tertiary/aromatic N) is 1. The number of hydrogen-bond acceptors (Lipinski definition) is 3. The predicted octanol–water partition coefficient (Wildman–Crippen LogP) is 2.80. The molecule has 2 aromatic carbocycles. The van der Waals surface area contributed by atoms with Crippen molar-refractivity contribution in [3.63, 3.8) is 0 Å². The number of rotatable bonds is 5. The lowest BCUT2D eigenvalue weighted by molar-refractivity contribution is 0.0786. The molecule has 1 heterocycles. The minimum atomic E-state index is -0.919. The molecule has 0 radical (unpaired) electrons. The van der Waals surface area contributed by atoms with Crippen molar-refractivity contribution in [2.75, 3.05) is 25.9 Å². The molecule has 0 spiro atoms. The van der Waals surface area contributed by atoms with Crippen molar-refractivity contribution in [3.8, 4) is 0 Å². The van der Waals surface area contributed by atoms with Crippen LogP contribution in [0.3, 0.4) is 0 Å². The van der Waals surface area contributed by atoms with Crippen LogP contribution in [0.2, 0.25) is 0 Å². The molecule has 0 aromatic heterocycles. The molecule has 6 heteroatoms. The molecule has 1 amide bonds. The summed E-state index contributed by atoms with van der Waals surface area (Å²) in [6, 6.07) is 17.7. The molecule has 2 N–H and O–H groups in total. The van der Waals surface area contributed by atoms with Crippen LogP contribution in [0.1, 0.15) is 27.4 Å². The summed E-state index contributed by atoms with van der Waals surface area (Å²) in [5.41, 5.74) is 8.80. The van der Waals surface area contributed by atoms with Crippen LogP contribution >= 0.6 is 12.4 Å². The minimum Gasteiger partial charge on any atom is -0.338 e. The monoisotopic (exact) mass is 392 g/mol. The molecule has 26 heavy (non-hydrogen) atoms. The third-order valence-corrected chi connectivity index (χ3v) is 5.54. The summed E-state index contributed by atoms with van der Waals surface area (Å²) >= 11 is 0. The summed E-state index contributed by atoms with van der Waals surface area (Å²) in [5, 5.41) is 0. The number of benzene rings is 2. The van der Waals surface area contributed by atoms with E-state index in [4.69, 9.17) is 5.73 Å². The van der Waals surface area contributed by atoms with E-state index < -0.39 is 10.8 Å². The standard InChI is InChI=1S/C20H24N2O2S.ClH/c1-25(24)14-15-6-5-9-17(10-15)20(23)22-12-18(11-21)19(13-22)16-7-3-2-4-8-16;/h2-10,18-19H,11-14,21H2,1H3;1H/t18-,19+,25?;/m1./s1. The Morgan fingerprint density at radius 2 is 1.88 bits per heavy atom. The normalized spacial score (nSPS) is 20.5. The van der Waals surface area contributed by atoms with Gasteiger partial charge in [-0.1, -0.05) is 42.5 Å². The Bertz CT molecular complexity index is 769. The number of carbonyl (C=O) groups is 1. The molecule has 1 unspecified atom stereocenters. The van der Waals surface area contributed by atoms with E-state index in [0.717, 1.165) is 5.56 Å². The third kappa shape index (κ3) is 4.72. The molecular formula is C20H25ClN2O2S. The first kappa shape index (κ1) is 20.6. The molecule has 0 bridgehead atoms. The van der Waals surface area contributed by atoms with Crippen molar-refractivity contribution in [3.05, 3.63) is 71.3 Å². The molecule has 0 aliphatic carbocycles.